The van der Waals surface area contributed by atoms with E-state index in [-0.39, 0.29) is 0 Å². The molecule has 1 aliphatic rings. The molecule has 100 valence electrons. The molecule has 0 unspecified atom stereocenters. The largest absolute Gasteiger partial charge is 0.383 e. The Morgan fingerprint density at radius 1 is 1.50 bits per heavy atom. The second kappa shape index (κ2) is 6.36. The van der Waals surface area contributed by atoms with Crippen molar-refractivity contribution in [1.29, 1.82) is 0 Å². The van der Waals surface area contributed by atoms with E-state index in [1.807, 2.05) is 19.2 Å². The predicted octanol–water partition coefficient (Wildman–Crippen LogP) is 2.07. The fourth-order valence-electron chi connectivity index (χ4n) is 1.98. The molecule has 2 rings (SSSR count). The summed E-state index contributed by atoms with van der Waals surface area (Å²) in [6.07, 6.45) is 2.49. The van der Waals surface area contributed by atoms with Crippen molar-refractivity contribution < 1.29 is 4.74 Å². The third-order valence-corrected chi connectivity index (χ3v) is 3.41. The molecule has 0 spiro atoms. The average Bonchev–Trinajstić information content (AvgIpc) is 3.18. The Labute approximate surface area is 113 Å². The van der Waals surface area contributed by atoms with Gasteiger partial charge in [-0.3, -0.25) is 0 Å². The van der Waals surface area contributed by atoms with E-state index in [4.69, 9.17) is 16.3 Å². The maximum atomic E-state index is 6.13. The lowest BCUT2D eigenvalue weighted by molar-refractivity contribution is 0.204. The number of nitrogens with zero attached hydrogens (tertiary/aromatic N) is 2. The Kier molecular flexibility index (Phi) is 4.80. The number of pyridine rings is 1. The van der Waals surface area contributed by atoms with Gasteiger partial charge in [0.15, 0.2) is 0 Å². The predicted molar refractivity (Wildman–Crippen MR) is 74.3 cm³/mol. The second-order valence-corrected chi connectivity index (χ2v) is 4.95. The minimum absolute atomic E-state index is 0.622. The van der Waals surface area contributed by atoms with E-state index in [1.54, 1.807) is 7.11 Å². The van der Waals surface area contributed by atoms with Gasteiger partial charge in [-0.05, 0) is 32.0 Å². The normalized spacial score (nSPS) is 14.8. The zero-order valence-electron chi connectivity index (χ0n) is 10.9. The molecule has 1 fully saturated rings. The van der Waals surface area contributed by atoms with E-state index in [9.17, 15) is 0 Å². The van der Waals surface area contributed by atoms with Gasteiger partial charge >= 0.3 is 0 Å². The minimum atomic E-state index is 0.622. The molecule has 1 N–H and O–H groups in total. The van der Waals surface area contributed by atoms with Gasteiger partial charge in [0.25, 0.3) is 0 Å². The maximum Gasteiger partial charge on any atom is 0.129 e. The van der Waals surface area contributed by atoms with E-state index >= 15 is 0 Å². The Bertz CT molecular complexity index is 396. The first-order chi connectivity index (χ1) is 8.76. The van der Waals surface area contributed by atoms with Crippen molar-refractivity contribution in [2.24, 2.45) is 0 Å². The molecule has 0 radical (unpaired) electrons. The Morgan fingerprint density at radius 3 is 2.89 bits per heavy atom. The summed E-state index contributed by atoms with van der Waals surface area (Å²) >= 11 is 6.13. The van der Waals surface area contributed by atoms with Crippen molar-refractivity contribution in [3.05, 3.63) is 22.8 Å². The van der Waals surface area contributed by atoms with Gasteiger partial charge in [-0.2, -0.15) is 0 Å². The zero-order valence-corrected chi connectivity index (χ0v) is 11.7. The van der Waals surface area contributed by atoms with Gasteiger partial charge in [0.1, 0.15) is 5.82 Å². The van der Waals surface area contributed by atoms with Crippen molar-refractivity contribution >= 4 is 17.4 Å². The van der Waals surface area contributed by atoms with Crippen LogP contribution in [-0.2, 0) is 11.3 Å². The molecule has 1 heterocycles. The van der Waals surface area contributed by atoms with Gasteiger partial charge in [0, 0.05) is 26.2 Å². The van der Waals surface area contributed by atoms with Crippen LogP contribution in [0.4, 0.5) is 5.82 Å². The number of hydrogen-bond acceptors (Lipinski definition) is 4. The molecule has 1 saturated carbocycles. The molecule has 18 heavy (non-hydrogen) atoms. The number of methoxy groups -OCH3 is 1. The maximum absolute atomic E-state index is 6.13. The molecule has 1 aromatic heterocycles. The van der Waals surface area contributed by atoms with E-state index in [2.05, 4.69) is 15.2 Å². The molecule has 5 heteroatoms. The number of hydrogen-bond donors (Lipinski definition) is 1. The molecule has 0 bridgehead atoms. The Morgan fingerprint density at radius 2 is 2.28 bits per heavy atom. The highest BCUT2D eigenvalue weighted by atomic mass is 35.5. The van der Waals surface area contributed by atoms with Crippen LogP contribution >= 0.6 is 11.6 Å². The van der Waals surface area contributed by atoms with Crippen LogP contribution in [0, 0.1) is 0 Å². The lowest BCUT2D eigenvalue weighted by Crippen LogP contribution is -2.30. The van der Waals surface area contributed by atoms with E-state index < -0.39 is 0 Å². The van der Waals surface area contributed by atoms with E-state index in [0.717, 1.165) is 29.7 Å². The summed E-state index contributed by atoms with van der Waals surface area (Å²) in [4.78, 5) is 6.97. The zero-order chi connectivity index (χ0) is 13.0. The van der Waals surface area contributed by atoms with E-state index in [0.29, 0.717) is 12.6 Å². The monoisotopic (exact) mass is 269 g/mol. The lowest BCUT2D eigenvalue weighted by atomic mass is 10.3. The molecule has 0 aliphatic heterocycles. The third kappa shape index (κ3) is 3.34. The number of rotatable bonds is 7. The number of ether oxygens (including phenoxy) is 1. The first-order valence-electron chi connectivity index (χ1n) is 6.32. The smallest absolute Gasteiger partial charge is 0.129 e. The Hall–Kier alpha value is -0.840. The highest BCUT2D eigenvalue weighted by Crippen LogP contribution is 2.31. The molecule has 4 nitrogen and oxygen atoms in total. The van der Waals surface area contributed by atoms with Crippen LogP contribution < -0.4 is 10.2 Å². The van der Waals surface area contributed by atoms with Crippen molar-refractivity contribution in [1.82, 2.24) is 10.3 Å². The standard InChI is InChI=1S/C13H20ClN3O/c1-15-9-12-11(14)5-6-13(16-12)17(7-8-18-2)10-3-4-10/h5-6,10,15H,3-4,7-9H2,1-2H3. The summed E-state index contributed by atoms with van der Waals surface area (Å²) in [5.41, 5.74) is 0.903. The van der Waals surface area contributed by atoms with Crippen LogP contribution in [-0.4, -0.2) is 38.3 Å². The fourth-order valence-corrected chi connectivity index (χ4v) is 2.16. The topological polar surface area (TPSA) is 37.4 Å². The summed E-state index contributed by atoms with van der Waals surface area (Å²) in [6, 6.07) is 4.55. The number of nitrogens with one attached hydrogen (secondary N) is 1. The van der Waals surface area contributed by atoms with Crippen molar-refractivity contribution in [2.45, 2.75) is 25.4 Å². The molecule has 0 aromatic carbocycles. The number of anilines is 1. The third-order valence-electron chi connectivity index (χ3n) is 3.07. The van der Waals surface area contributed by atoms with Crippen LogP contribution in [0.5, 0.6) is 0 Å². The molecule has 1 aliphatic carbocycles. The first-order valence-corrected chi connectivity index (χ1v) is 6.69. The average molecular weight is 270 g/mol. The van der Waals surface area contributed by atoms with Gasteiger partial charge in [0.05, 0.1) is 17.3 Å². The van der Waals surface area contributed by atoms with Gasteiger partial charge in [-0.25, -0.2) is 4.98 Å². The fraction of sp³-hybridized carbons (Fsp3) is 0.615. The highest BCUT2D eigenvalue weighted by molar-refractivity contribution is 6.31. The molecule has 0 amide bonds. The lowest BCUT2D eigenvalue weighted by Gasteiger charge is -2.23. The summed E-state index contributed by atoms with van der Waals surface area (Å²) in [5, 5.41) is 3.81. The first kappa shape index (κ1) is 13.6. The second-order valence-electron chi connectivity index (χ2n) is 4.55. The van der Waals surface area contributed by atoms with Crippen molar-refractivity contribution in [3.63, 3.8) is 0 Å². The van der Waals surface area contributed by atoms with Crippen LogP contribution in [0.2, 0.25) is 5.02 Å². The van der Waals surface area contributed by atoms with Crippen LogP contribution in [0.15, 0.2) is 12.1 Å². The summed E-state index contributed by atoms with van der Waals surface area (Å²) in [6.45, 7) is 2.30. The number of halogens is 1. The van der Waals surface area contributed by atoms with Gasteiger partial charge < -0.3 is 15.0 Å². The Balaban J connectivity index is 2.15. The molecule has 0 atom stereocenters. The molecule has 1 aromatic rings. The van der Waals surface area contributed by atoms with Crippen molar-refractivity contribution in [3.8, 4) is 0 Å². The number of aromatic nitrogens is 1. The molecular weight excluding hydrogens is 250 g/mol. The van der Waals surface area contributed by atoms with Gasteiger partial charge in [-0.15, -0.1) is 0 Å². The summed E-state index contributed by atoms with van der Waals surface area (Å²) in [7, 11) is 3.63. The van der Waals surface area contributed by atoms with E-state index in [1.165, 1.54) is 12.8 Å². The van der Waals surface area contributed by atoms with Crippen LogP contribution in [0.3, 0.4) is 0 Å². The van der Waals surface area contributed by atoms with Crippen LogP contribution in [0.1, 0.15) is 18.5 Å². The van der Waals surface area contributed by atoms with Crippen molar-refractivity contribution in [2.75, 3.05) is 32.2 Å². The quantitative estimate of drug-likeness (QED) is 0.822. The summed E-state index contributed by atoms with van der Waals surface area (Å²) < 4.78 is 5.17. The van der Waals surface area contributed by atoms with Gasteiger partial charge in [0.2, 0.25) is 0 Å². The molecule has 0 saturated heterocycles. The molecular formula is C13H20ClN3O. The van der Waals surface area contributed by atoms with Crippen LogP contribution in [0.25, 0.3) is 0 Å². The summed E-state index contributed by atoms with van der Waals surface area (Å²) in [5.74, 6) is 1.00. The highest BCUT2D eigenvalue weighted by Gasteiger charge is 2.29. The SMILES string of the molecule is CNCc1nc(N(CCOC)C2CC2)ccc1Cl. The van der Waals surface area contributed by atoms with Gasteiger partial charge in [-0.1, -0.05) is 11.6 Å². The minimum Gasteiger partial charge on any atom is -0.383 e.